The second-order valence-corrected chi connectivity index (χ2v) is 10.4. The summed E-state index contributed by atoms with van der Waals surface area (Å²) < 4.78 is 17.0. The van der Waals surface area contributed by atoms with E-state index >= 15 is 0 Å². The van der Waals surface area contributed by atoms with Crippen LogP contribution >= 0.6 is 0 Å². The molecule has 2 amide bonds. The highest BCUT2D eigenvalue weighted by Gasteiger charge is 2.24. The Morgan fingerprint density at radius 2 is 1.70 bits per heavy atom. The maximum absolute atomic E-state index is 13.0. The molecule has 0 unspecified atom stereocenters. The van der Waals surface area contributed by atoms with E-state index in [0.717, 1.165) is 61.4 Å². The van der Waals surface area contributed by atoms with E-state index in [-0.39, 0.29) is 18.4 Å². The smallest absolute Gasteiger partial charge is 0.260 e. The molecule has 0 N–H and O–H groups in total. The van der Waals surface area contributed by atoms with Gasteiger partial charge in [0.1, 0.15) is 5.75 Å². The lowest BCUT2D eigenvalue weighted by Gasteiger charge is -2.32. The van der Waals surface area contributed by atoms with E-state index < -0.39 is 0 Å². The van der Waals surface area contributed by atoms with Crippen LogP contribution in [0.1, 0.15) is 49.0 Å². The molecule has 2 aliphatic rings. The maximum atomic E-state index is 13.0. The molecule has 0 radical (unpaired) electrons. The Kier molecular flexibility index (Phi) is 8.89. The van der Waals surface area contributed by atoms with Gasteiger partial charge in [0, 0.05) is 37.3 Å². The minimum absolute atomic E-state index is 0.00303. The predicted octanol–water partition coefficient (Wildman–Crippen LogP) is 5.81. The molecule has 40 heavy (non-hydrogen) atoms. The highest BCUT2D eigenvalue weighted by atomic mass is 16.7. The number of carbonyl (C=O) groups is 2. The number of hydrogen-bond acceptors (Lipinski definition) is 5. The summed E-state index contributed by atoms with van der Waals surface area (Å²) in [5.74, 6) is 2.91. The van der Waals surface area contributed by atoms with Crippen LogP contribution in [0.3, 0.4) is 0 Å². The summed E-state index contributed by atoms with van der Waals surface area (Å²) in [4.78, 5) is 29.6. The standard InChI is InChI=1S/C33H38N2O5/c1-3-34(4-2)33(37)27-9-7-8-26(21-27)28-10-5-6-11-29(28)38-22-32(36)35-18-16-24(17-19-35)12-13-25-14-15-30-31(20-25)40-23-39-30/h5-11,14-15,20-21,24H,3-4,12-13,16-19,22-23H2,1-2H3. The first-order valence-corrected chi connectivity index (χ1v) is 14.3. The predicted molar refractivity (Wildman–Crippen MR) is 155 cm³/mol. The minimum atomic E-state index is -0.00303. The van der Waals surface area contributed by atoms with Crippen molar-refractivity contribution < 1.29 is 23.8 Å². The van der Waals surface area contributed by atoms with Crippen LogP contribution in [0.4, 0.5) is 0 Å². The van der Waals surface area contributed by atoms with Gasteiger partial charge in [-0.1, -0.05) is 36.4 Å². The number of aryl methyl sites for hydroxylation is 1. The number of amides is 2. The van der Waals surface area contributed by atoms with E-state index in [1.54, 1.807) is 4.90 Å². The van der Waals surface area contributed by atoms with Gasteiger partial charge in [0.15, 0.2) is 18.1 Å². The Balaban J connectivity index is 1.13. The number of ether oxygens (including phenoxy) is 3. The van der Waals surface area contributed by atoms with Gasteiger partial charge in [-0.15, -0.1) is 0 Å². The lowest BCUT2D eigenvalue weighted by Crippen LogP contribution is -2.41. The number of benzene rings is 3. The highest BCUT2D eigenvalue weighted by molar-refractivity contribution is 5.95. The number of para-hydroxylation sites is 1. The molecular weight excluding hydrogens is 504 g/mol. The Labute approximate surface area is 236 Å². The van der Waals surface area contributed by atoms with Crippen molar-refractivity contribution in [2.75, 3.05) is 39.6 Å². The average Bonchev–Trinajstić information content (AvgIpc) is 3.48. The molecule has 5 rings (SSSR count). The molecule has 2 aliphatic heterocycles. The fraction of sp³-hybridized carbons (Fsp3) is 0.394. The fourth-order valence-electron chi connectivity index (χ4n) is 5.51. The zero-order chi connectivity index (χ0) is 27.9. The van der Waals surface area contributed by atoms with Gasteiger partial charge in [-0.2, -0.15) is 0 Å². The number of carbonyl (C=O) groups excluding carboxylic acids is 2. The molecule has 3 aromatic carbocycles. The molecular formula is C33H38N2O5. The van der Waals surface area contributed by atoms with Crippen molar-refractivity contribution in [3.8, 4) is 28.4 Å². The van der Waals surface area contributed by atoms with Gasteiger partial charge < -0.3 is 24.0 Å². The van der Waals surface area contributed by atoms with Crippen molar-refractivity contribution in [3.63, 3.8) is 0 Å². The molecule has 1 saturated heterocycles. The topological polar surface area (TPSA) is 68.3 Å². The largest absolute Gasteiger partial charge is 0.483 e. The average molecular weight is 543 g/mol. The van der Waals surface area contributed by atoms with E-state index in [0.29, 0.717) is 37.1 Å². The van der Waals surface area contributed by atoms with Crippen molar-refractivity contribution >= 4 is 11.8 Å². The lowest BCUT2D eigenvalue weighted by atomic mass is 9.90. The lowest BCUT2D eigenvalue weighted by molar-refractivity contribution is -0.134. The third-order valence-corrected chi connectivity index (χ3v) is 7.95. The van der Waals surface area contributed by atoms with Crippen molar-refractivity contribution in [1.82, 2.24) is 9.80 Å². The maximum Gasteiger partial charge on any atom is 0.260 e. The monoisotopic (exact) mass is 542 g/mol. The van der Waals surface area contributed by atoms with E-state index in [9.17, 15) is 9.59 Å². The van der Waals surface area contributed by atoms with Crippen molar-refractivity contribution in [1.29, 1.82) is 0 Å². The summed E-state index contributed by atoms with van der Waals surface area (Å²) in [6.45, 7) is 7.10. The van der Waals surface area contributed by atoms with Gasteiger partial charge in [0.2, 0.25) is 6.79 Å². The summed E-state index contributed by atoms with van der Waals surface area (Å²) >= 11 is 0. The third-order valence-electron chi connectivity index (χ3n) is 7.95. The molecule has 0 saturated carbocycles. The van der Waals surface area contributed by atoms with Gasteiger partial charge in [0.25, 0.3) is 11.8 Å². The van der Waals surface area contributed by atoms with Crippen LogP contribution in [0.2, 0.25) is 0 Å². The molecule has 1 fully saturated rings. The van der Waals surface area contributed by atoms with Crippen LogP contribution < -0.4 is 14.2 Å². The molecule has 0 atom stereocenters. The first kappa shape index (κ1) is 27.6. The number of fused-ring (bicyclic) bond motifs is 1. The van der Waals surface area contributed by atoms with Crippen LogP contribution in [0, 0.1) is 5.92 Å². The van der Waals surface area contributed by atoms with Gasteiger partial charge in [-0.05, 0) is 86.9 Å². The van der Waals surface area contributed by atoms with E-state index in [1.165, 1.54) is 5.56 Å². The number of piperidine rings is 1. The number of rotatable bonds is 10. The number of hydrogen-bond donors (Lipinski definition) is 0. The van der Waals surface area contributed by atoms with Crippen LogP contribution in [0.25, 0.3) is 11.1 Å². The van der Waals surface area contributed by atoms with Crippen LogP contribution in [0.5, 0.6) is 17.2 Å². The third kappa shape index (κ3) is 6.41. The summed E-state index contributed by atoms with van der Waals surface area (Å²) in [6, 6.07) is 21.5. The summed E-state index contributed by atoms with van der Waals surface area (Å²) in [5, 5.41) is 0. The fourth-order valence-corrected chi connectivity index (χ4v) is 5.51. The normalized spacial score (nSPS) is 14.7. The molecule has 2 heterocycles. The highest BCUT2D eigenvalue weighted by Crippen LogP contribution is 2.34. The molecule has 3 aromatic rings. The van der Waals surface area contributed by atoms with Gasteiger partial charge in [0.05, 0.1) is 0 Å². The Morgan fingerprint density at radius 3 is 2.50 bits per heavy atom. The quantitative estimate of drug-likeness (QED) is 0.323. The zero-order valence-corrected chi connectivity index (χ0v) is 23.4. The summed E-state index contributed by atoms with van der Waals surface area (Å²) in [7, 11) is 0. The molecule has 0 spiro atoms. The Morgan fingerprint density at radius 1 is 0.925 bits per heavy atom. The summed E-state index contributed by atoms with van der Waals surface area (Å²) in [5.41, 5.74) is 3.67. The Bertz CT molecular complexity index is 1330. The van der Waals surface area contributed by atoms with Gasteiger partial charge >= 0.3 is 0 Å². The van der Waals surface area contributed by atoms with E-state index in [2.05, 4.69) is 12.1 Å². The first-order valence-electron chi connectivity index (χ1n) is 14.3. The number of nitrogens with zero attached hydrogens (tertiary/aromatic N) is 2. The molecule has 0 aromatic heterocycles. The molecule has 0 bridgehead atoms. The second-order valence-electron chi connectivity index (χ2n) is 10.4. The minimum Gasteiger partial charge on any atom is -0.483 e. The summed E-state index contributed by atoms with van der Waals surface area (Å²) in [6.07, 6.45) is 4.10. The second kappa shape index (κ2) is 12.9. The van der Waals surface area contributed by atoms with Crippen molar-refractivity contribution in [2.24, 2.45) is 5.92 Å². The van der Waals surface area contributed by atoms with Crippen molar-refractivity contribution in [3.05, 3.63) is 77.9 Å². The first-order chi connectivity index (χ1) is 19.6. The zero-order valence-electron chi connectivity index (χ0n) is 23.4. The van der Waals surface area contributed by atoms with Gasteiger partial charge in [-0.25, -0.2) is 0 Å². The van der Waals surface area contributed by atoms with Crippen LogP contribution in [0.15, 0.2) is 66.7 Å². The van der Waals surface area contributed by atoms with Crippen molar-refractivity contribution in [2.45, 2.75) is 39.5 Å². The molecule has 7 heteroatoms. The Hall–Kier alpha value is -4.00. The number of likely N-dealkylation sites (tertiary alicyclic amines) is 1. The SMILES string of the molecule is CCN(CC)C(=O)c1cccc(-c2ccccc2OCC(=O)N2CCC(CCc3ccc4c(c3)OCO4)CC2)c1. The molecule has 0 aliphatic carbocycles. The van der Waals surface area contributed by atoms with Crippen LogP contribution in [-0.2, 0) is 11.2 Å². The molecule has 210 valence electrons. The van der Waals surface area contributed by atoms with Gasteiger partial charge in [-0.3, -0.25) is 9.59 Å². The van der Waals surface area contributed by atoms with Crippen LogP contribution in [-0.4, -0.2) is 61.2 Å². The van der Waals surface area contributed by atoms with E-state index in [4.69, 9.17) is 14.2 Å². The van der Waals surface area contributed by atoms with E-state index in [1.807, 2.05) is 73.3 Å². The molecule has 7 nitrogen and oxygen atoms in total.